The first kappa shape index (κ1) is 23.4. The molecule has 0 heterocycles. The number of allylic oxidation sites excluding steroid dienone is 2. The van der Waals surface area contributed by atoms with Gasteiger partial charge in [0, 0.05) is 23.8 Å². The van der Waals surface area contributed by atoms with Gasteiger partial charge >= 0.3 is 5.97 Å². The molecule has 1 aliphatic carbocycles. The van der Waals surface area contributed by atoms with Crippen LogP contribution in [0.2, 0.25) is 5.02 Å². The molecule has 160 valence electrons. The highest BCUT2D eigenvalue weighted by molar-refractivity contribution is 6.30. The molecule has 7 heteroatoms. The van der Waals surface area contributed by atoms with E-state index in [2.05, 4.69) is 0 Å². The lowest BCUT2D eigenvalue weighted by Crippen LogP contribution is -2.21. The molecule has 1 aromatic rings. The van der Waals surface area contributed by atoms with E-state index in [1.165, 1.54) is 0 Å². The van der Waals surface area contributed by atoms with Gasteiger partial charge in [-0.1, -0.05) is 35.9 Å². The number of unbranched alkanes of at least 4 members (excludes halogenated alkanes) is 1. The zero-order valence-electron chi connectivity index (χ0n) is 16.2. The minimum Gasteiger partial charge on any atom is -0.491 e. The van der Waals surface area contributed by atoms with Crippen molar-refractivity contribution < 1.29 is 30.0 Å². The third kappa shape index (κ3) is 8.19. The molecular formula is C22H29ClO6. The standard InChI is InChI=1S/C22H29ClO6/c23-15-7-10-17(11-8-15)29-14-16(24)9-12-19-18(20(25)13-21(19)26)5-3-1-2-4-6-22(27)28/h1,3,7-12,16,18-21,24-26H,2,4-6,13-14H2,(H,27,28)/b3-1-,12-9+/t16-,18+,19+,20-,21+/m0/s1. The van der Waals surface area contributed by atoms with Crippen LogP contribution in [0.25, 0.3) is 0 Å². The number of carboxylic acid groups (broad SMARTS) is 1. The predicted molar refractivity (Wildman–Crippen MR) is 111 cm³/mol. The number of hydrogen-bond donors (Lipinski definition) is 4. The van der Waals surface area contributed by atoms with E-state index in [1.807, 2.05) is 12.2 Å². The van der Waals surface area contributed by atoms with Crippen molar-refractivity contribution in [3.63, 3.8) is 0 Å². The Balaban J connectivity index is 1.82. The summed E-state index contributed by atoms with van der Waals surface area (Å²) < 4.78 is 5.51. The van der Waals surface area contributed by atoms with Crippen LogP contribution in [0, 0.1) is 11.8 Å². The van der Waals surface area contributed by atoms with Crippen molar-refractivity contribution in [1.29, 1.82) is 0 Å². The van der Waals surface area contributed by atoms with E-state index in [1.54, 1.807) is 36.4 Å². The van der Waals surface area contributed by atoms with E-state index >= 15 is 0 Å². The summed E-state index contributed by atoms with van der Waals surface area (Å²) in [7, 11) is 0. The summed E-state index contributed by atoms with van der Waals surface area (Å²) in [5, 5.41) is 39.9. The summed E-state index contributed by atoms with van der Waals surface area (Å²) in [4.78, 5) is 10.5. The predicted octanol–water partition coefficient (Wildman–Crippen LogP) is 3.20. The molecule has 0 radical (unpaired) electrons. The Morgan fingerprint density at radius 2 is 1.93 bits per heavy atom. The zero-order valence-corrected chi connectivity index (χ0v) is 17.0. The van der Waals surface area contributed by atoms with Crippen molar-refractivity contribution in [2.75, 3.05) is 6.61 Å². The van der Waals surface area contributed by atoms with Crippen molar-refractivity contribution in [2.45, 2.75) is 50.4 Å². The molecule has 0 saturated heterocycles. The average Bonchev–Trinajstić information content (AvgIpc) is 2.94. The van der Waals surface area contributed by atoms with E-state index in [-0.39, 0.29) is 24.9 Å². The Morgan fingerprint density at radius 1 is 1.21 bits per heavy atom. The Kier molecular flexibility index (Phi) is 9.67. The number of aliphatic hydroxyl groups excluding tert-OH is 3. The van der Waals surface area contributed by atoms with Crippen molar-refractivity contribution >= 4 is 17.6 Å². The first-order valence-corrected chi connectivity index (χ1v) is 10.2. The quantitative estimate of drug-likeness (QED) is 0.321. The second kappa shape index (κ2) is 12.0. The van der Waals surface area contributed by atoms with Crippen LogP contribution in [-0.2, 0) is 4.79 Å². The van der Waals surface area contributed by atoms with Crippen LogP contribution in [0.1, 0.15) is 32.1 Å². The van der Waals surface area contributed by atoms with Gasteiger partial charge in [-0.15, -0.1) is 0 Å². The van der Waals surface area contributed by atoms with Gasteiger partial charge in [0.05, 0.1) is 12.2 Å². The maximum Gasteiger partial charge on any atom is 0.303 e. The lowest BCUT2D eigenvalue weighted by Gasteiger charge is -2.19. The van der Waals surface area contributed by atoms with Crippen molar-refractivity contribution in [3.05, 3.63) is 53.6 Å². The number of ether oxygens (including phenoxy) is 1. The lowest BCUT2D eigenvalue weighted by molar-refractivity contribution is -0.137. The Labute approximate surface area is 176 Å². The molecule has 1 fully saturated rings. The summed E-state index contributed by atoms with van der Waals surface area (Å²) in [6.45, 7) is 0.0671. The molecule has 0 aromatic heterocycles. The molecule has 5 atom stereocenters. The fourth-order valence-electron chi connectivity index (χ4n) is 3.47. The van der Waals surface area contributed by atoms with Gasteiger partial charge in [0.1, 0.15) is 18.5 Å². The summed E-state index contributed by atoms with van der Waals surface area (Å²) in [6.07, 6.45) is 7.29. The monoisotopic (exact) mass is 424 g/mol. The third-order valence-electron chi connectivity index (χ3n) is 5.04. The number of halogens is 1. The summed E-state index contributed by atoms with van der Waals surface area (Å²) >= 11 is 5.82. The van der Waals surface area contributed by atoms with Crippen LogP contribution in [0.3, 0.4) is 0 Å². The van der Waals surface area contributed by atoms with Gasteiger partial charge in [-0.25, -0.2) is 0 Å². The number of rotatable bonds is 11. The van der Waals surface area contributed by atoms with E-state index < -0.39 is 24.3 Å². The van der Waals surface area contributed by atoms with Gasteiger partial charge in [-0.05, 0) is 49.4 Å². The number of aliphatic hydroxyl groups is 3. The van der Waals surface area contributed by atoms with Crippen LogP contribution in [0.5, 0.6) is 5.75 Å². The van der Waals surface area contributed by atoms with Gasteiger partial charge < -0.3 is 25.2 Å². The molecule has 29 heavy (non-hydrogen) atoms. The fraction of sp³-hybridized carbons (Fsp3) is 0.500. The second-order valence-corrected chi connectivity index (χ2v) is 7.76. The Bertz CT molecular complexity index is 687. The van der Waals surface area contributed by atoms with Gasteiger partial charge in [0.25, 0.3) is 0 Å². The number of aliphatic carboxylic acids is 1. The molecule has 6 nitrogen and oxygen atoms in total. The van der Waals surface area contributed by atoms with E-state index in [0.717, 1.165) is 0 Å². The summed E-state index contributed by atoms with van der Waals surface area (Å²) in [5.41, 5.74) is 0. The fourth-order valence-corrected chi connectivity index (χ4v) is 3.60. The average molecular weight is 425 g/mol. The number of benzene rings is 1. The molecule has 0 amide bonds. The van der Waals surface area contributed by atoms with Crippen LogP contribution in [0.15, 0.2) is 48.6 Å². The topological polar surface area (TPSA) is 107 Å². The second-order valence-electron chi connectivity index (χ2n) is 7.32. The smallest absolute Gasteiger partial charge is 0.303 e. The highest BCUT2D eigenvalue weighted by Crippen LogP contribution is 2.36. The SMILES string of the molecule is O=C(O)CCC/C=C\C[C@@H]1[C@@H](/C=C/[C@H](O)COc2ccc(Cl)cc2)[C@H](O)C[C@@H]1O. The first-order valence-electron chi connectivity index (χ1n) is 9.84. The molecule has 0 spiro atoms. The first-order chi connectivity index (χ1) is 13.9. The molecule has 0 bridgehead atoms. The molecule has 4 N–H and O–H groups in total. The van der Waals surface area contributed by atoms with Crippen molar-refractivity contribution in [2.24, 2.45) is 11.8 Å². The maximum atomic E-state index is 10.5. The van der Waals surface area contributed by atoms with E-state index in [4.69, 9.17) is 21.4 Å². The largest absolute Gasteiger partial charge is 0.491 e. The molecule has 2 rings (SSSR count). The number of carbonyl (C=O) groups is 1. The van der Waals surface area contributed by atoms with Crippen LogP contribution < -0.4 is 4.74 Å². The molecule has 0 unspecified atom stereocenters. The normalized spacial score (nSPS) is 25.7. The molecule has 0 aliphatic heterocycles. The minimum atomic E-state index is -0.845. The van der Waals surface area contributed by atoms with E-state index in [9.17, 15) is 20.1 Å². The van der Waals surface area contributed by atoms with Crippen molar-refractivity contribution in [3.8, 4) is 5.75 Å². The minimum absolute atomic E-state index is 0.0671. The Morgan fingerprint density at radius 3 is 2.62 bits per heavy atom. The highest BCUT2D eigenvalue weighted by atomic mass is 35.5. The third-order valence-corrected chi connectivity index (χ3v) is 5.29. The van der Waals surface area contributed by atoms with Gasteiger partial charge in [0.15, 0.2) is 0 Å². The molecule has 1 aliphatic rings. The lowest BCUT2D eigenvalue weighted by atomic mass is 9.89. The zero-order chi connectivity index (χ0) is 21.2. The van der Waals surface area contributed by atoms with E-state index in [0.29, 0.717) is 36.5 Å². The van der Waals surface area contributed by atoms with Crippen molar-refractivity contribution in [1.82, 2.24) is 0 Å². The molecule has 1 aromatic carbocycles. The maximum absolute atomic E-state index is 10.5. The van der Waals surface area contributed by atoms with Crippen LogP contribution in [0.4, 0.5) is 0 Å². The summed E-state index contributed by atoms with van der Waals surface area (Å²) in [5.74, 6) is -0.624. The summed E-state index contributed by atoms with van der Waals surface area (Å²) in [6, 6.07) is 6.84. The molecular weight excluding hydrogens is 396 g/mol. The van der Waals surface area contributed by atoms with Crippen LogP contribution in [-0.4, -0.2) is 51.3 Å². The Hall–Kier alpha value is -1.86. The number of hydrogen-bond acceptors (Lipinski definition) is 5. The van der Waals surface area contributed by atoms with Gasteiger partial charge in [-0.3, -0.25) is 4.79 Å². The highest BCUT2D eigenvalue weighted by Gasteiger charge is 2.39. The molecule has 1 saturated carbocycles. The number of carboxylic acids is 1. The van der Waals surface area contributed by atoms with Gasteiger partial charge in [0.2, 0.25) is 0 Å². The van der Waals surface area contributed by atoms with Crippen LogP contribution >= 0.6 is 11.6 Å². The van der Waals surface area contributed by atoms with Gasteiger partial charge in [-0.2, -0.15) is 0 Å².